The highest BCUT2D eigenvalue weighted by Crippen LogP contribution is 2.19. The molecule has 2 rings (SSSR count). The molecule has 0 spiro atoms. The van der Waals surface area contributed by atoms with Crippen molar-refractivity contribution in [3.63, 3.8) is 0 Å². The average Bonchev–Trinajstić information content (AvgIpc) is 2.53. The van der Waals surface area contributed by atoms with E-state index in [4.69, 9.17) is 17.3 Å². The molecule has 1 amide bonds. The van der Waals surface area contributed by atoms with Crippen molar-refractivity contribution >= 4 is 17.5 Å². The Morgan fingerprint density at radius 3 is 2.80 bits per heavy atom. The average molecular weight is 225 g/mol. The largest absolute Gasteiger partial charge is 0.337 e. The number of carbonyl (C=O) groups excluding carboxylic acids is 1. The van der Waals surface area contributed by atoms with E-state index in [2.05, 4.69) is 0 Å². The van der Waals surface area contributed by atoms with Crippen molar-refractivity contribution in [3.05, 3.63) is 34.9 Å². The third kappa shape index (κ3) is 2.13. The highest BCUT2D eigenvalue weighted by atomic mass is 35.5. The Bertz CT molecular complexity index is 381. The van der Waals surface area contributed by atoms with Crippen LogP contribution in [0.4, 0.5) is 0 Å². The van der Waals surface area contributed by atoms with Crippen LogP contribution in [0, 0.1) is 0 Å². The smallest absolute Gasteiger partial charge is 0.239 e. The first-order valence-electron chi connectivity index (χ1n) is 4.96. The summed E-state index contributed by atoms with van der Waals surface area (Å²) in [5, 5.41) is 0.700. The van der Waals surface area contributed by atoms with Gasteiger partial charge < -0.3 is 10.6 Å². The van der Waals surface area contributed by atoms with E-state index in [0.29, 0.717) is 11.6 Å². The first kappa shape index (κ1) is 10.5. The van der Waals surface area contributed by atoms with E-state index in [1.54, 1.807) is 4.90 Å². The number of hydrogen-bond acceptors (Lipinski definition) is 2. The van der Waals surface area contributed by atoms with Gasteiger partial charge in [-0.05, 0) is 18.1 Å². The lowest BCUT2D eigenvalue weighted by Gasteiger charge is -2.16. The molecule has 80 valence electrons. The van der Waals surface area contributed by atoms with Gasteiger partial charge in [-0.15, -0.1) is 0 Å². The molecule has 2 N–H and O–H groups in total. The molecule has 1 aromatic carbocycles. The maximum absolute atomic E-state index is 11.6. The summed E-state index contributed by atoms with van der Waals surface area (Å²) in [6.45, 7) is 1.29. The van der Waals surface area contributed by atoms with Crippen molar-refractivity contribution in [1.82, 2.24) is 4.90 Å². The third-order valence-corrected chi connectivity index (χ3v) is 3.03. The second-order valence-electron chi connectivity index (χ2n) is 3.75. The number of likely N-dealkylation sites (tertiary alicyclic amines) is 1. The zero-order chi connectivity index (χ0) is 10.8. The van der Waals surface area contributed by atoms with Crippen LogP contribution in [-0.4, -0.2) is 23.4 Å². The monoisotopic (exact) mass is 224 g/mol. The van der Waals surface area contributed by atoms with Crippen LogP contribution in [0.2, 0.25) is 5.02 Å². The predicted octanol–water partition coefficient (Wildman–Crippen LogP) is 1.40. The van der Waals surface area contributed by atoms with E-state index in [-0.39, 0.29) is 11.9 Å². The molecule has 0 bridgehead atoms. The summed E-state index contributed by atoms with van der Waals surface area (Å²) in [5.41, 5.74) is 6.61. The van der Waals surface area contributed by atoms with Gasteiger partial charge in [-0.25, -0.2) is 0 Å². The minimum absolute atomic E-state index is 0.0231. The molecule has 1 aromatic rings. The van der Waals surface area contributed by atoms with E-state index >= 15 is 0 Å². The highest BCUT2D eigenvalue weighted by molar-refractivity contribution is 6.31. The molecule has 1 fully saturated rings. The van der Waals surface area contributed by atoms with Gasteiger partial charge in [0.2, 0.25) is 5.91 Å². The first-order chi connectivity index (χ1) is 7.18. The Kier molecular flexibility index (Phi) is 2.93. The van der Waals surface area contributed by atoms with Gasteiger partial charge in [-0.2, -0.15) is 0 Å². The summed E-state index contributed by atoms with van der Waals surface area (Å²) >= 11 is 6.02. The van der Waals surface area contributed by atoms with Gasteiger partial charge in [0.15, 0.2) is 0 Å². The van der Waals surface area contributed by atoms with Crippen LogP contribution < -0.4 is 5.73 Å². The van der Waals surface area contributed by atoms with Crippen LogP contribution in [0.5, 0.6) is 0 Å². The molecule has 15 heavy (non-hydrogen) atoms. The molecule has 1 saturated heterocycles. The normalized spacial score (nSPS) is 21.1. The minimum atomic E-state index is -0.326. The van der Waals surface area contributed by atoms with Crippen LogP contribution in [0.3, 0.4) is 0 Å². The minimum Gasteiger partial charge on any atom is -0.337 e. The Labute approximate surface area is 93.8 Å². The number of hydrogen-bond donors (Lipinski definition) is 1. The van der Waals surface area contributed by atoms with E-state index in [9.17, 15) is 4.79 Å². The predicted molar refractivity (Wildman–Crippen MR) is 59.5 cm³/mol. The van der Waals surface area contributed by atoms with Gasteiger partial charge in [0, 0.05) is 18.1 Å². The van der Waals surface area contributed by atoms with Crippen molar-refractivity contribution in [2.24, 2.45) is 5.73 Å². The van der Waals surface area contributed by atoms with E-state index in [1.165, 1.54) is 0 Å². The molecule has 1 aliphatic heterocycles. The SMILES string of the molecule is N[C@H]1CCN(Cc2ccccc2Cl)C1=O. The second kappa shape index (κ2) is 4.21. The van der Waals surface area contributed by atoms with Crippen molar-refractivity contribution in [1.29, 1.82) is 0 Å². The maximum atomic E-state index is 11.6. The summed E-state index contributed by atoms with van der Waals surface area (Å²) in [6.07, 6.45) is 0.739. The Balaban J connectivity index is 2.10. The quantitative estimate of drug-likeness (QED) is 0.826. The van der Waals surface area contributed by atoms with Crippen molar-refractivity contribution < 1.29 is 4.79 Å². The topological polar surface area (TPSA) is 46.3 Å². The first-order valence-corrected chi connectivity index (χ1v) is 5.34. The number of rotatable bonds is 2. The molecular formula is C11H13ClN2O. The number of nitrogens with zero attached hydrogens (tertiary/aromatic N) is 1. The Hall–Kier alpha value is -1.06. The van der Waals surface area contributed by atoms with Crippen LogP contribution in [0.15, 0.2) is 24.3 Å². The van der Waals surface area contributed by atoms with Gasteiger partial charge in [0.1, 0.15) is 0 Å². The lowest BCUT2D eigenvalue weighted by molar-refractivity contribution is -0.129. The number of nitrogens with two attached hydrogens (primary N) is 1. The summed E-state index contributed by atoms with van der Waals surface area (Å²) < 4.78 is 0. The summed E-state index contributed by atoms with van der Waals surface area (Å²) in [5.74, 6) is 0.0231. The summed E-state index contributed by atoms with van der Waals surface area (Å²) in [4.78, 5) is 13.3. The molecule has 0 unspecified atom stereocenters. The van der Waals surface area contributed by atoms with Gasteiger partial charge in [0.25, 0.3) is 0 Å². The second-order valence-corrected chi connectivity index (χ2v) is 4.15. The number of carbonyl (C=O) groups is 1. The van der Waals surface area contributed by atoms with Crippen molar-refractivity contribution in [2.75, 3.05) is 6.54 Å². The fourth-order valence-corrected chi connectivity index (χ4v) is 1.95. The molecule has 0 saturated carbocycles. The van der Waals surface area contributed by atoms with Crippen molar-refractivity contribution in [3.8, 4) is 0 Å². The fourth-order valence-electron chi connectivity index (χ4n) is 1.75. The van der Waals surface area contributed by atoms with Crippen molar-refractivity contribution in [2.45, 2.75) is 19.0 Å². The van der Waals surface area contributed by atoms with Crippen LogP contribution in [0.25, 0.3) is 0 Å². The molecule has 1 aliphatic rings. The molecule has 0 aliphatic carbocycles. The third-order valence-electron chi connectivity index (χ3n) is 2.66. The van der Waals surface area contributed by atoms with E-state index in [0.717, 1.165) is 18.5 Å². The molecular weight excluding hydrogens is 212 g/mol. The van der Waals surface area contributed by atoms with Gasteiger partial charge >= 0.3 is 0 Å². The molecule has 3 nitrogen and oxygen atoms in total. The standard InChI is InChI=1S/C11H13ClN2O/c12-9-4-2-1-3-8(9)7-14-6-5-10(13)11(14)15/h1-4,10H,5-7,13H2/t10-/m0/s1. The lowest BCUT2D eigenvalue weighted by Crippen LogP contribution is -2.33. The van der Waals surface area contributed by atoms with Crippen LogP contribution >= 0.6 is 11.6 Å². The fraction of sp³-hybridized carbons (Fsp3) is 0.364. The molecule has 1 heterocycles. The summed E-state index contributed by atoms with van der Waals surface area (Å²) in [6, 6.07) is 7.23. The number of benzene rings is 1. The van der Waals surface area contributed by atoms with Crippen LogP contribution in [0.1, 0.15) is 12.0 Å². The summed E-state index contributed by atoms with van der Waals surface area (Å²) in [7, 11) is 0. The molecule has 0 aromatic heterocycles. The molecule has 0 radical (unpaired) electrons. The van der Waals surface area contributed by atoms with Gasteiger partial charge in [-0.3, -0.25) is 4.79 Å². The number of halogens is 1. The maximum Gasteiger partial charge on any atom is 0.239 e. The van der Waals surface area contributed by atoms with Gasteiger partial charge in [0.05, 0.1) is 6.04 Å². The van der Waals surface area contributed by atoms with E-state index < -0.39 is 0 Å². The van der Waals surface area contributed by atoms with Gasteiger partial charge in [-0.1, -0.05) is 29.8 Å². The molecule has 4 heteroatoms. The lowest BCUT2D eigenvalue weighted by atomic mass is 10.2. The Morgan fingerprint density at radius 2 is 2.20 bits per heavy atom. The highest BCUT2D eigenvalue weighted by Gasteiger charge is 2.28. The Morgan fingerprint density at radius 1 is 1.47 bits per heavy atom. The van der Waals surface area contributed by atoms with Crippen LogP contribution in [-0.2, 0) is 11.3 Å². The number of amides is 1. The van der Waals surface area contributed by atoms with E-state index in [1.807, 2.05) is 24.3 Å². The zero-order valence-corrected chi connectivity index (χ0v) is 9.07. The zero-order valence-electron chi connectivity index (χ0n) is 8.32. The molecule has 1 atom stereocenters.